The minimum absolute atomic E-state index is 0.229. The van der Waals surface area contributed by atoms with Crippen molar-refractivity contribution < 1.29 is 26.4 Å². The van der Waals surface area contributed by atoms with Gasteiger partial charge in [0.25, 0.3) is 0 Å². The van der Waals surface area contributed by atoms with Crippen LogP contribution in [0.25, 0.3) is 33.4 Å². The van der Waals surface area contributed by atoms with E-state index < -0.39 is 21.7 Å². The molecule has 0 aliphatic rings. The molecular formula is C23H17F2NO4S. The van der Waals surface area contributed by atoms with E-state index in [2.05, 4.69) is 0 Å². The van der Waals surface area contributed by atoms with Crippen molar-refractivity contribution in [3.05, 3.63) is 77.9 Å². The Morgan fingerprint density at radius 2 is 1.65 bits per heavy atom. The average molecular weight is 441 g/mol. The number of fused-ring (bicyclic) bond motifs is 1. The van der Waals surface area contributed by atoms with Crippen LogP contribution in [0.5, 0.6) is 0 Å². The first-order chi connectivity index (χ1) is 14.7. The second kappa shape index (κ2) is 7.63. The number of halogens is 2. The first-order valence-electron chi connectivity index (χ1n) is 9.20. The third-order valence-electron chi connectivity index (χ3n) is 5.04. The molecule has 4 rings (SSSR count). The topological polar surface area (TPSA) is 67.6 Å². The van der Waals surface area contributed by atoms with E-state index in [0.29, 0.717) is 28.4 Å². The highest BCUT2D eigenvalue weighted by Gasteiger charge is 2.23. The third kappa shape index (κ3) is 3.82. The third-order valence-corrected chi connectivity index (χ3v) is 6.23. The summed E-state index contributed by atoms with van der Waals surface area (Å²) in [7, 11) is -2.27. The van der Waals surface area contributed by atoms with E-state index in [9.17, 15) is 22.0 Å². The zero-order valence-corrected chi connectivity index (χ0v) is 17.4. The molecule has 3 aromatic carbocycles. The lowest BCUT2D eigenvalue weighted by molar-refractivity contribution is 0.112. The fraction of sp³-hybridized carbons (Fsp3) is 0.0870. The zero-order valence-electron chi connectivity index (χ0n) is 16.6. The number of rotatable bonds is 5. The highest BCUT2D eigenvalue weighted by molar-refractivity contribution is 7.92. The second-order valence-electron chi connectivity index (χ2n) is 7.08. The van der Waals surface area contributed by atoms with Gasteiger partial charge in [-0.3, -0.25) is 9.10 Å². The van der Waals surface area contributed by atoms with Gasteiger partial charge in [-0.15, -0.1) is 0 Å². The maximum Gasteiger partial charge on any atom is 0.232 e. The summed E-state index contributed by atoms with van der Waals surface area (Å²) < 4.78 is 58.6. The molecule has 158 valence electrons. The van der Waals surface area contributed by atoms with E-state index in [4.69, 9.17) is 4.42 Å². The molecule has 0 saturated carbocycles. The van der Waals surface area contributed by atoms with Crippen LogP contribution in [0.15, 0.2) is 65.1 Å². The Morgan fingerprint density at radius 1 is 0.935 bits per heavy atom. The highest BCUT2D eigenvalue weighted by atomic mass is 32.2. The number of carbonyl (C=O) groups is 1. The van der Waals surface area contributed by atoms with Crippen LogP contribution in [0, 0.1) is 11.6 Å². The standard InChI is InChI=1S/C23H17F2NO4S/c1-26(31(2,28)29)21-12-22-19(11-18(21)15-4-3-5-17(25)10-15)20(13-27)23(30-22)14-6-8-16(24)9-7-14/h3-13H,1-2H3. The molecular weight excluding hydrogens is 424 g/mol. The molecule has 0 unspecified atom stereocenters. The minimum atomic E-state index is -3.64. The molecule has 0 aliphatic heterocycles. The largest absolute Gasteiger partial charge is 0.455 e. The molecule has 0 fully saturated rings. The van der Waals surface area contributed by atoms with Gasteiger partial charge in [0, 0.05) is 29.6 Å². The predicted molar refractivity (Wildman–Crippen MR) is 116 cm³/mol. The van der Waals surface area contributed by atoms with Crippen LogP contribution >= 0.6 is 0 Å². The van der Waals surface area contributed by atoms with Crippen molar-refractivity contribution in [3.8, 4) is 22.5 Å². The van der Waals surface area contributed by atoms with Crippen LogP contribution < -0.4 is 4.31 Å². The van der Waals surface area contributed by atoms with Crippen molar-refractivity contribution in [2.45, 2.75) is 0 Å². The van der Waals surface area contributed by atoms with Gasteiger partial charge in [-0.1, -0.05) is 12.1 Å². The van der Waals surface area contributed by atoms with Crippen molar-refractivity contribution in [1.82, 2.24) is 0 Å². The number of aldehydes is 1. The van der Waals surface area contributed by atoms with Gasteiger partial charge in [-0.25, -0.2) is 17.2 Å². The number of carbonyl (C=O) groups excluding carboxylic acids is 1. The van der Waals surface area contributed by atoms with E-state index in [1.54, 1.807) is 12.1 Å². The molecule has 8 heteroatoms. The molecule has 1 aromatic heterocycles. The van der Waals surface area contributed by atoms with Gasteiger partial charge in [0.1, 0.15) is 23.0 Å². The van der Waals surface area contributed by atoms with Crippen LogP contribution in [-0.4, -0.2) is 28.0 Å². The Bertz CT molecular complexity index is 1410. The molecule has 5 nitrogen and oxygen atoms in total. The van der Waals surface area contributed by atoms with Crippen LogP contribution in [0.4, 0.5) is 14.5 Å². The molecule has 4 aromatic rings. The number of furan rings is 1. The lowest BCUT2D eigenvalue weighted by Gasteiger charge is -2.20. The number of nitrogens with zero attached hydrogens (tertiary/aromatic N) is 1. The number of hydrogen-bond acceptors (Lipinski definition) is 4. The van der Waals surface area contributed by atoms with Gasteiger partial charge < -0.3 is 4.42 Å². The van der Waals surface area contributed by atoms with Crippen LogP contribution in [-0.2, 0) is 10.0 Å². The molecule has 0 saturated heterocycles. The van der Waals surface area contributed by atoms with Crippen molar-refractivity contribution >= 4 is 33.0 Å². The quantitative estimate of drug-likeness (QED) is 0.397. The number of anilines is 1. The SMILES string of the molecule is CN(c1cc2oc(-c3ccc(F)cc3)c(C=O)c2cc1-c1cccc(F)c1)S(C)(=O)=O. The maximum atomic E-state index is 13.9. The molecule has 0 atom stereocenters. The molecule has 0 aliphatic carbocycles. The number of hydrogen-bond donors (Lipinski definition) is 0. The van der Waals surface area contributed by atoms with Crippen LogP contribution in [0.1, 0.15) is 10.4 Å². The predicted octanol–water partition coefficient (Wildman–Crippen LogP) is 5.25. The molecule has 0 N–H and O–H groups in total. The Hall–Kier alpha value is -3.52. The first kappa shape index (κ1) is 20.7. The van der Waals surface area contributed by atoms with E-state index >= 15 is 0 Å². The van der Waals surface area contributed by atoms with E-state index in [-0.39, 0.29) is 22.6 Å². The summed E-state index contributed by atoms with van der Waals surface area (Å²) in [5.41, 5.74) is 2.10. The van der Waals surface area contributed by atoms with E-state index in [0.717, 1.165) is 10.6 Å². The van der Waals surface area contributed by atoms with E-state index in [1.165, 1.54) is 55.6 Å². The average Bonchev–Trinajstić information content (AvgIpc) is 3.09. The monoisotopic (exact) mass is 441 g/mol. The highest BCUT2D eigenvalue weighted by Crippen LogP contribution is 2.40. The van der Waals surface area contributed by atoms with Crippen molar-refractivity contribution in [2.75, 3.05) is 17.6 Å². The van der Waals surface area contributed by atoms with Gasteiger partial charge in [-0.05, 0) is 48.0 Å². The van der Waals surface area contributed by atoms with Gasteiger partial charge in [0.05, 0.1) is 17.5 Å². The Balaban J connectivity index is 2.05. The fourth-order valence-corrected chi connectivity index (χ4v) is 3.92. The Kier molecular flexibility index (Phi) is 5.10. The van der Waals surface area contributed by atoms with Crippen molar-refractivity contribution in [2.24, 2.45) is 0 Å². The summed E-state index contributed by atoms with van der Waals surface area (Å²) in [6.45, 7) is 0. The maximum absolute atomic E-state index is 13.9. The summed E-state index contributed by atoms with van der Waals surface area (Å²) in [5, 5.41) is 0.430. The van der Waals surface area contributed by atoms with Gasteiger partial charge in [-0.2, -0.15) is 0 Å². The fourth-order valence-electron chi connectivity index (χ4n) is 3.41. The van der Waals surface area contributed by atoms with E-state index in [1.807, 2.05) is 0 Å². The lowest BCUT2D eigenvalue weighted by Crippen LogP contribution is -2.25. The molecule has 31 heavy (non-hydrogen) atoms. The molecule has 0 radical (unpaired) electrons. The number of benzene rings is 3. The Morgan fingerprint density at radius 3 is 2.26 bits per heavy atom. The molecule has 0 amide bonds. The smallest absolute Gasteiger partial charge is 0.232 e. The summed E-state index contributed by atoms with van der Waals surface area (Å²) in [6.07, 6.45) is 1.68. The van der Waals surface area contributed by atoms with Gasteiger partial charge >= 0.3 is 0 Å². The Labute approximate surface area is 177 Å². The molecule has 0 spiro atoms. The lowest BCUT2D eigenvalue weighted by atomic mass is 9.99. The van der Waals surface area contributed by atoms with Gasteiger partial charge in [0.15, 0.2) is 6.29 Å². The normalized spacial score (nSPS) is 11.6. The minimum Gasteiger partial charge on any atom is -0.455 e. The van der Waals surface area contributed by atoms with Crippen molar-refractivity contribution in [1.29, 1.82) is 0 Å². The second-order valence-corrected chi connectivity index (χ2v) is 9.09. The first-order valence-corrected chi connectivity index (χ1v) is 11.1. The van der Waals surface area contributed by atoms with Crippen LogP contribution in [0.2, 0.25) is 0 Å². The number of sulfonamides is 1. The zero-order chi connectivity index (χ0) is 22.3. The molecule has 1 heterocycles. The van der Waals surface area contributed by atoms with Crippen molar-refractivity contribution in [3.63, 3.8) is 0 Å². The summed E-state index contributed by atoms with van der Waals surface area (Å²) in [6, 6.07) is 14.3. The van der Waals surface area contributed by atoms with Gasteiger partial charge in [0.2, 0.25) is 10.0 Å². The summed E-state index contributed by atoms with van der Waals surface area (Å²) >= 11 is 0. The summed E-state index contributed by atoms with van der Waals surface area (Å²) in [5.74, 6) is -0.687. The molecule has 0 bridgehead atoms. The van der Waals surface area contributed by atoms with Crippen LogP contribution in [0.3, 0.4) is 0 Å². The summed E-state index contributed by atoms with van der Waals surface area (Å²) in [4.78, 5) is 11.9.